The number of pyridine rings is 1. The summed E-state index contributed by atoms with van der Waals surface area (Å²) in [6, 6.07) is 4.95. The molecule has 2 fully saturated rings. The van der Waals surface area contributed by atoms with E-state index in [0.29, 0.717) is 56.9 Å². The second-order valence-corrected chi connectivity index (χ2v) is 14.2. The maximum absolute atomic E-state index is 14.4. The monoisotopic (exact) mass is 615 g/mol. The Hall–Kier alpha value is -3.18. The summed E-state index contributed by atoms with van der Waals surface area (Å²) in [5.41, 5.74) is 1.60. The predicted molar refractivity (Wildman–Crippen MR) is 162 cm³/mol. The van der Waals surface area contributed by atoms with Gasteiger partial charge in [0.25, 0.3) is 0 Å². The lowest BCUT2D eigenvalue weighted by atomic mass is 9.88. The molecule has 5 rings (SSSR count). The SMILES string of the molecule is C[C@@H]1CN(CC(=O)N2CC(C)(C)c3cnc(Cc4ccc(F)cc4F)cc32)[C@@H](CN2CCC(F)C2)CN1C(=O)OC(C)(C)C. The number of anilines is 1. The minimum absolute atomic E-state index is 0.0883. The molecular weight excluding hydrogens is 571 g/mol. The van der Waals surface area contributed by atoms with E-state index in [0.717, 1.165) is 17.3 Å². The van der Waals surface area contributed by atoms with E-state index in [1.807, 2.05) is 33.8 Å². The zero-order valence-electron chi connectivity index (χ0n) is 26.6. The molecule has 8 nitrogen and oxygen atoms in total. The highest BCUT2D eigenvalue weighted by molar-refractivity contribution is 5.97. The third-order valence-corrected chi connectivity index (χ3v) is 8.80. The first-order chi connectivity index (χ1) is 20.6. The molecule has 2 saturated heterocycles. The Morgan fingerprint density at radius 2 is 1.86 bits per heavy atom. The number of rotatable bonds is 6. The van der Waals surface area contributed by atoms with E-state index in [4.69, 9.17) is 4.74 Å². The average molecular weight is 616 g/mol. The minimum atomic E-state index is -0.871. The van der Waals surface area contributed by atoms with Crippen LogP contribution in [0.4, 0.5) is 23.7 Å². The van der Waals surface area contributed by atoms with Crippen LogP contribution in [0, 0.1) is 11.6 Å². The standard InChI is InChI=1S/C33H44F3N5O3/c1-21-15-39(26(17-38-10-9-24(35)16-38)18-40(21)31(43)44-32(2,3)4)19-30(42)41-20-33(5,6)27-14-37-25(13-29(27)41)11-22-7-8-23(34)12-28(22)36/h7-8,12-14,21,24,26H,9-11,15-20H2,1-6H3/t21-,24?,26+/m1/s1. The average Bonchev–Trinajstić information content (AvgIpc) is 3.45. The number of benzene rings is 1. The van der Waals surface area contributed by atoms with E-state index in [1.165, 1.54) is 12.1 Å². The van der Waals surface area contributed by atoms with E-state index >= 15 is 0 Å². The fourth-order valence-corrected chi connectivity index (χ4v) is 6.54. The van der Waals surface area contributed by atoms with Crippen LogP contribution in [0.25, 0.3) is 0 Å². The van der Waals surface area contributed by atoms with Gasteiger partial charge < -0.3 is 14.5 Å². The number of nitrogens with zero attached hydrogens (tertiary/aromatic N) is 5. The fraction of sp³-hybridized carbons (Fsp3) is 0.606. The van der Waals surface area contributed by atoms with Crippen LogP contribution in [0.5, 0.6) is 0 Å². The van der Waals surface area contributed by atoms with Gasteiger partial charge in [0.2, 0.25) is 5.91 Å². The van der Waals surface area contributed by atoms with E-state index in [2.05, 4.69) is 28.6 Å². The first-order valence-corrected chi connectivity index (χ1v) is 15.4. The smallest absolute Gasteiger partial charge is 0.410 e. The molecular formula is C33H44F3N5O3. The number of amides is 2. The molecule has 0 bridgehead atoms. The van der Waals surface area contributed by atoms with Crippen LogP contribution in [0.2, 0.25) is 0 Å². The summed E-state index contributed by atoms with van der Waals surface area (Å²) in [6.45, 7) is 14.5. The summed E-state index contributed by atoms with van der Waals surface area (Å²) in [7, 11) is 0. The van der Waals surface area contributed by atoms with Crippen molar-refractivity contribution in [1.82, 2.24) is 19.7 Å². The quantitative estimate of drug-likeness (QED) is 0.459. The Morgan fingerprint density at radius 3 is 2.52 bits per heavy atom. The molecule has 0 spiro atoms. The molecule has 0 saturated carbocycles. The summed E-state index contributed by atoms with van der Waals surface area (Å²) in [6.07, 6.45) is 1.14. The highest BCUT2D eigenvalue weighted by Gasteiger charge is 2.42. The van der Waals surface area contributed by atoms with Crippen molar-refractivity contribution in [2.75, 3.05) is 50.7 Å². The highest BCUT2D eigenvalue weighted by Crippen LogP contribution is 2.41. The van der Waals surface area contributed by atoms with Crippen molar-refractivity contribution in [3.05, 3.63) is 58.9 Å². The maximum Gasteiger partial charge on any atom is 0.410 e. The number of hydrogen-bond donors (Lipinski definition) is 0. The molecule has 11 heteroatoms. The molecule has 3 aliphatic rings. The number of hydrogen-bond acceptors (Lipinski definition) is 6. The van der Waals surface area contributed by atoms with E-state index in [1.54, 1.807) is 16.0 Å². The lowest BCUT2D eigenvalue weighted by Crippen LogP contribution is -2.63. The number of carbonyl (C=O) groups is 2. The molecule has 0 radical (unpaired) electrons. The predicted octanol–water partition coefficient (Wildman–Crippen LogP) is 4.93. The van der Waals surface area contributed by atoms with Gasteiger partial charge in [0.15, 0.2) is 0 Å². The third-order valence-electron chi connectivity index (χ3n) is 8.80. The minimum Gasteiger partial charge on any atom is -0.444 e. The summed E-state index contributed by atoms with van der Waals surface area (Å²) >= 11 is 0. The van der Waals surface area contributed by atoms with Crippen LogP contribution >= 0.6 is 0 Å². The summed E-state index contributed by atoms with van der Waals surface area (Å²) < 4.78 is 47.6. The first kappa shape index (κ1) is 32.2. The van der Waals surface area contributed by atoms with E-state index in [9.17, 15) is 22.8 Å². The van der Waals surface area contributed by atoms with Crippen LogP contribution in [0.15, 0.2) is 30.5 Å². The van der Waals surface area contributed by atoms with Crippen molar-refractivity contribution in [3.63, 3.8) is 0 Å². The number of alkyl halides is 1. The van der Waals surface area contributed by atoms with Gasteiger partial charge in [-0.25, -0.2) is 18.0 Å². The summed E-state index contributed by atoms with van der Waals surface area (Å²) in [4.78, 5) is 39.4. The van der Waals surface area contributed by atoms with Gasteiger partial charge in [-0.2, -0.15) is 0 Å². The Bertz CT molecular complexity index is 1400. The van der Waals surface area contributed by atoms with Gasteiger partial charge in [-0.1, -0.05) is 19.9 Å². The number of likely N-dealkylation sites (tertiary alicyclic amines) is 1. The van der Waals surface area contributed by atoms with Gasteiger partial charge in [-0.15, -0.1) is 0 Å². The number of piperazine rings is 1. The van der Waals surface area contributed by atoms with Gasteiger partial charge in [0.05, 0.1) is 12.2 Å². The topological polar surface area (TPSA) is 69.2 Å². The van der Waals surface area contributed by atoms with Crippen LogP contribution < -0.4 is 4.90 Å². The Labute approximate surface area is 258 Å². The van der Waals surface area contributed by atoms with E-state index < -0.39 is 29.5 Å². The lowest BCUT2D eigenvalue weighted by molar-refractivity contribution is -0.121. The Morgan fingerprint density at radius 1 is 1.11 bits per heavy atom. The number of fused-ring (bicyclic) bond motifs is 1. The zero-order valence-corrected chi connectivity index (χ0v) is 26.6. The molecule has 2 amide bonds. The van der Waals surface area contributed by atoms with Gasteiger partial charge in [0.1, 0.15) is 23.4 Å². The van der Waals surface area contributed by atoms with Crippen molar-refractivity contribution >= 4 is 17.7 Å². The second kappa shape index (κ2) is 12.3. The van der Waals surface area contributed by atoms with Crippen LogP contribution in [-0.2, 0) is 21.4 Å². The number of ether oxygens (including phenoxy) is 1. The molecule has 1 aromatic carbocycles. The Balaban J connectivity index is 1.36. The molecule has 1 unspecified atom stereocenters. The molecule has 3 atom stereocenters. The molecule has 0 aliphatic carbocycles. The van der Waals surface area contributed by atoms with Crippen molar-refractivity contribution in [1.29, 1.82) is 0 Å². The van der Waals surface area contributed by atoms with Crippen LogP contribution in [0.1, 0.15) is 64.8 Å². The van der Waals surface area contributed by atoms with Crippen molar-refractivity contribution in [2.24, 2.45) is 0 Å². The van der Waals surface area contributed by atoms with Gasteiger partial charge in [-0.3, -0.25) is 19.6 Å². The number of aromatic nitrogens is 1. The van der Waals surface area contributed by atoms with Gasteiger partial charge in [-0.05, 0) is 51.8 Å². The molecule has 2 aromatic rings. The van der Waals surface area contributed by atoms with Crippen LogP contribution in [-0.4, -0.2) is 101 Å². The fourth-order valence-electron chi connectivity index (χ4n) is 6.54. The lowest BCUT2D eigenvalue weighted by Gasteiger charge is -2.46. The van der Waals surface area contributed by atoms with Gasteiger partial charge in [0, 0.05) is 86.7 Å². The molecule has 44 heavy (non-hydrogen) atoms. The van der Waals surface area contributed by atoms with Crippen molar-refractivity contribution in [2.45, 2.75) is 83.7 Å². The maximum atomic E-state index is 14.4. The molecule has 1 aromatic heterocycles. The number of halogens is 3. The van der Waals surface area contributed by atoms with Gasteiger partial charge >= 0.3 is 6.09 Å². The normalized spacial score (nSPS) is 24.1. The summed E-state index contributed by atoms with van der Waals surface area (Å²) in [5, 5.41) is 0. The second-order valence-electron chi connectivity index (χ2n) is 14.2. The first-order valence-electron chi connectivity index (χ1n) is 15.4. The Kier molecular flexibility index (Phi) is 9.01. The molecule has 0 N–H and O–H groups in total. The third kappa shape index (κ3) is 7.20. The largest absolute Gasteiger partial charge is 0.444 e. The van der Waals surface area contributed by atoms with E-state index in [-0.39, 0.29) is 36.4 Å². The zero-order chi connectivity index (χ0) is 32.0. The van der Waals surface area contributed by atoms with Crippen LogP contribution in [0.3, 0.4) is 0 Å². The molecule has 3 aliphatic heterocycles. The number of carbonyl (C=O) groups excluding carboxylic acids is 2. The highest BCUT2D eigenvalue weighted by atomic mass is 19.1. The molecule has 4 heterocycles. The molecule has 240 valence electrons. The summed E-state index contributed by atoms with van der Waals surface area (Å²) in [5.74, 6) is -1.36. The van der Waals surface area contributed by atoms with Crippen molar-refractivity contribution in [3.8, 4) is 0 Å². The van der Waals surface area contributed by atoms with Crippen molar-refractivity contribution < 1.29 is 27.5 Å².